The summed E-state index contributed by atoms with van der Waals surface area (Å²) in [5.41, 5.74) is 2.11. The fourth-order valence-electron chi connectivity index (χ4n) is 2.21. The van der Waals surface area contributed by atoms with Crippen LogP contribution in [0.1, 0.15) is 6.92 Å². The molecule has 5 heteroatoms. The molecular weight excluding hydrogens is 304 g/mol. The fourth-order valence-corrected chi connectivity index (χ4v) is 2.21. The summed E-state index contributed by atoms with van der Waals surface area (Å²) in [6, 6.07) is 17.4. The molecule has 0 radical (unpaired) electrons. The first kappa shape index (κ1) is 17.8. The number of likely N-dealkylation sites (N-methyl/N-ethyl adjacent to an activating group) is 1. The molecule has 2 rings (SSSR count). The number of urea groups is 1. The lowest BCUT2D eigenvalue weighted by molar-refractivity contribution is 0.156. The number of hydrogen-bond acceptors (Lipinski definition) is 3. The van der Waals surface area contributed by atoms with E-state index >= 15 is 0 Å². The zero-order chi connectivity index (χ0) is 17.4. The van der Waals surface area contributed by atoms with Crippen LogP contribution in [-0.2, 0) is 0 Å². The Morgan fingerprint density at radius 2 is 1.83 bits per heavy atom. The first-order chi connectivity index (χ1) is 11.6. The quantitative estimate of drug-likeness (QED) is 0.768. The topological polar surface area (TPSA) is 61.8 Å². The molecule has 0 heterocycles. The highest BCUT2D eigenvalue weighted by molar-refractivity contribution is 5.74. The molecule has 1 unspecified atom stereocenters. The Kier molecular flexibility index (Phi) is 6.63. The van der Waals surface area contributed by atoms with Crippen molar-refractivity contribution in [2.24, 2.45) is 0 Å². The maximum absolute atomic E-state index is 11.9. The molecule has 0 aliphatic rings. The molecule has 2 aromatic carbocycles. The number of aliphatic hydroxyl groups excluding tert-OH is 1. The lowest BCUT2D eigenvalue weighted by Crippen LogP contribution is -2.44. The van der Waals surface area contributed by atoms with Crippen molar-refractivity contribution < 1.29 is 14.6 Å². The number of hydrogen-bond donors (Lipinski definition) is 2. The molecule has 0 fully saturated rings. The summed E-state index contributed by atoms with van der Waals surface area (Å²) in [5.74, 6) is 0.787. The zero-order valence-corrected chi connectivity index (χ0v) is 14.1. The Balaban J connectivity index is 1.89. The SMILES string of the molecule is CC(CO)N(C)C(=O)NCCOc1ccccc1-c1ccccc1. The van der Waals surface area contributed by atoms with E-state index in [9.17, 15) is 4.79 Å². The molecule has 128 valence electrons. The van der Waals surface area contributed by atoms with Crippen LogP contribution in [0.4, 0.5) is 4.79 Å². The van der Waals surface area contributed by atoms with Crippen molar-refractivity contribution in [3.05, 3.63) is 54.6 Å². The number of rotatable bonds is 7. The van der Waals surface area contributed by atoms with Gasteiger partial charge in [-0.15, -0.1) is 0 Å². The van der Waals surface area contributed by atoms with Crippen LogP contribution in [0, 0.1) is 0 Å². The van der Waals surface area contributed by atoms with E-state index in [4.69, 9.17) is 9.84 Å². The lowest BCUT2D eigenvalue weighted by atomic mass is 10.1. The van der Waals surface area contributed by atoms with Gasteiger partial charge in [-0.25, -0.2) is 4.79 Å². The second-order valence-corrected chi connectivity index (χ2v) is 5.59. The van der Waals surface area contributed by atoms with E-state index in [1.165, 1.54) is 4.90 Å². The van der Waals surface area contributed by atoms with Gasteiger partial charge in [-0.3, -0.25) is 0 Å². The van der Waals surface area contributed by atoms with Crippen molar-refractivity contribution in [3.63, 3.8) is 0 Å². The van der Waals surface area contributed by atoms with E-state index in [1.807, 2.05) is 54.6 Å². The molecule has 2 aromatic rings. The maximum atomic E-state index is 11.9. The molecule has 0 saturated carbocycles. The number of carbonyl (C=O) groups excluding carboxylic acids is 1. The number of amides is 2. The number of nitrogens with zero attached hydrogens (tertiary/aromatic N) is 1. The third kappa shape index (κ3) is 4.73. The highest BCUT2D eigenvalue weighted by atomic mass is 16.5. The summed E-state index contributed by atoms with van der Waals surface area (Å²) in [5, 5.41) is 11.8. The third-order valence-corrected chi connectivity index (χ3v) is 3.85. The standard InChI is InChI=1S/C19H24N2O3/c1-15(14-22)21(2)19(23)20-12-13-24-18-11-7-6-10-17(18)16-8-4-3-5-9-16/h3-11,15,22H,12-14H2,1-2H3,(H,20,23). The molecule has 0 aliphatic heterocycles. The normalized spacial score (nSPS) is 11.6. The molecule has 24 heavy (non-hydrogen) atoms. The van der Waals surface area contributed by atoms with Crippen LogP contribution in [0.25, 0.3) is 11.1 Å². The summed E-state index contributed by atoms with van der Waals surface area (Å²) in [6.07, 6.45) is 0. The average Bonchev–Trinajstić information content (AvgIpc) is 2.64. The number of carbonyl (C=O) groups is 1. The third-order valence-electron chi connectivity index (χ3n) is 3.85. The van der Waals surface area contributed by atoms with Gasteiger partial charge in [0.05, 0.1) is 19.2 Å². The van der Waals surface area contributed by atoms with Crippen LogP contribution >= 0.6 is 0 Å². The molecule has 5 nitrogen and oxygen atoms in total. The number of para-hydroxylation sites is 1. The Morgan fingerprint density at radius 3 is 2.54 bits per heavy atom. The molecular formula is C19H24N2O3. The highest BCUT2D eigenvalue weighted by Gasteiger charge is 2.14. The van der Waals surface area contributed by atoms with Crippen LogP contribution in [0.2, 0.25) is 0 Å². The van der Waals surface area contributed by atoms with Crippen molar-refractivity contribution in [2.45, 2.75) is 13.0 Å². The monoisotopic (exact) mass is 328 g/mol. The summed E-state index contributed by atoms with van der Waals surface area (Å²) >= 11 is 0. The number of benzene rings is 2. The number of ether oxygens (including phenoxy) is 1. The van der Waals surface area contributed by atoms with Crippen molar-refractivity contribution >= 4 is 6.03 Å². The molecule has 0 saturated heterocycles. The van der Waals surface area contributed by atoms with Crippen molar-refractivity contribution in [2.75, 3.05) is 26.8 Å². The van der Waals surface area contributed by atoms with Crippen LogP contribution in [0.3, 0.4) is 0 Å². The number of aliphatic hydroxyl groups is 1. The predicted molar refractivity (Wildman–Crippen MR) is 95.1 cm³/mol. The summed E-state index contributed by atoms with van der Waals surface area (Å²) in [7, 11) is 1.65. The van der Waals surface area contributed by atoms with Gasteiger partial charge in [0.2, 0.25) is 0 Å². The largest absolute Gasteiger partial charge is 0.491 e. The van der Waals surface area contributed by atoms with Gasteiger partial charge in [0.15, 0.2) is 0 Å². The van der Waals surface area contributed by atoms with Crippen LogP contribution in [0.5, 0.6) is 5.75 Å². The smallest absolute Gasteiger partial charge is 0.317 e. The van der Waals surface area contributed by atoms with Gasteiger partial charge in [-0.1, -0.05) is 48.5 Å². The van der Waals surface area contributed by atoms with Crippen LogP contribution < -0.4 is 10.1 Å². The van der Waals surface area contributed by atoms with E-state index in [0.717, 1.165) is 16.9 Å². The predicted octanol–water partition coefficient (Wildman–Crippen LogP) is 2.75. The lowest BCUT2D eigenvalue weighted by Gasteiger charge is -2.23. The van der Waals surface area contributed by atoms with E-state index in [2.05, 4.69) is 5.32 Å². The zero-order valence-electron chi connectivity index (χ0n) is 14.1. The Morgan fingerprint density at radius 1 is 1.17 bits per heavy atom. The minimum Gasteiger partial charge on any atom is -0.491 e. The van der Waals surface area contributed by atoms with Crippen molar-refractivity contribution in [1.29, 1.82) is 0 Å². The van der Waals surface area contributed by atoms with Crippen LogP contribution in [-0.4, -0.2) is 48.9 Å². The average molecular weight is 328 g/mol. The first-order valence-corrected chi connectivity index (χ1v) is 8.02. The Bertz CT molecular complexity index is 646. The molecule has 0 bridgehead atoms. The number of nitrogens with one attached hydrogen (secondary N) is 1. The fraction of sp³-hybridized carbons (Fsp3) is 0.316. The van der Waals surface area contributed by atoms with E-state index in [-0.39, 0.29) is 18.7 Å². The minimum absolute atomic E-state index is 0.0646. The van der Waals surface area contributed by atoms with Gasteiger partial charge in [0, 0.05) is 12.6 Å². The Labute approximate surface area is 142 Å². The second-order valence-electron chi connectivity index (χ2n) is 5.59. The van der Waals surface area contributed by atoms with E-state index < -0.39 is 0 Å². The van der Waals surface area contributed by atoms with Gasteiger partial charge in [-0.2, -0.15) is 0 Å². The second kappa shape index (κ2) is 8.93. The maximum Gasteiger partial charge on any atom is 0.317 e. The molecule has 1 atom stereocenters. The molecule has 0 aliphatic carbocycles. The highest BCUT2D eigenvalue weighted by Crippen LogP contribution is 2.29. The molecule has 2 N–H and O–H groups in total. The van der Waals surface area contributed by atoms with Gasteiger partial charge in [-0.05, 0) is 18.6 Å². The van der Waals surface area contributed by atoms with Gasteiger partial charge in [0.1, 0.15) is 12.4 Å². The van der Waals surface area contributed by atoms with Gasteiger partial charge >= 0.3 is 6.03 Å². The summed E-state index contributed by atoms with van der Waals surface area (Å²) < 4.78 is 5.83. The van der Waals surface area contributed by atoms with E-state index in [1.54, 1.807) is 14.0 Å². The van der Waals surface area contributed by atoms with Crippen molar-refractivity contribution in [1.82, 2.24) is 10.2 Å². The van der Waals surface area contributed by atoms with Gasteiger partial charge in [0.25, 0.3) is 0 Å². The minimum atomic E-state index is -0.225. The summed E-state index contributed by atoms with van der Waals surface area (Å²) in [4.78, 5) is 13.4. The first-order valence-electron chi connectivity index (χ1n) is 8.02. The molecule has 2 amide bonds. The molecule has 0 aromatic heterocycles. The van der Waals surface area contributed by atoms with Crippen molar-refractivity contribution in [3.8, 4) is 16.9 Å². The Hall–Kier alpha value is -2.53. The van der Waals surface area contributed by atoms with Crippen LogP contribution in [0.15, 0.2) is 54.6 Å². The van der Waals surface area contributed by atoms with Gasteiger partial charge < -0.3 is 20.1 Å². The van der Waals surface area contributed by atoms with E-state index in [0.29, 0.717) is 13.2 Å². The summed E-state index contributed by atoms with van der Waals surface area (Å²) in [6.45, 7) is 2.48. The molecule has 0 spiro atoms.